The maximum atomic E-state index is 13.2. The second kappa shape index (κ2) is 6.56. The molecule has 1 aliphatic carbocycles. The van der Waals surface area contributed by atoms with Crippen LogP contribution in [0.5, 0.6) is 5.75 Å². The number of carbonyl (C=O) groups excluding carboxylic acids is 1. The van der Waals surface area contributed by atoms with Gasteiger partial charge in [-0.3, -0.25) is 9.59 Å². The van der Waals surface area contributed by atoms with E-state index in [9.17, 15) is 24.2 Å². The fourth-order valence-electron chi connectivity index (χ4n) is 2.71. The smallest absolute Gasteiger partial charge is 0.308 e. The first kappa shape index (κ1) is 15.3. The van der Waals surface area contributed by atoms with Gasteiger partial charge in [0, 0.05) is 6.04 Å². The van der Waals surface area contributed by atoms with Crippen LogP contribution in [0.1, 0.15) is 42.5 Å². The number of carbonyl (C=O) groups is 2. The Hall–Kier alpha value is -2.11. The molecule has 21 heavy (non-hydrogen) atoms. The first-order valence-electron chi connectivity index (χ1n) is 7.01. The van der Waals surface area contributed by atoms with Gasteiger partial charge in [-0.05, 0) is 31.0 Å². The zero-order valence-electron chi connectivity index (χ0n) is 11.5. The minimum absolute atomic E-state index is 0.177. The van der Waals surface area contributed by atoms with Crippen LogP contribution in [0.2, 0.25) is 0 Å². The Morgan fingerprint density at radius 3 is 2.62 bits per heavy atom. The van der Waals surface area contributed by atoms with Crippen molar-refractivity contribution in [2.45, 2.75) is 38.1 Å². The van der Waals surface area contributed by atoms with E-state index in [1.165, 1.54) is 0 Å². The highest BCUT2D eigenvalue weighted by Gasteiger charge is 2.31. The number of carboxylic acids is 1. The van der Waals surface area contributed by atoms with E-state index in [4.69, 9.17) is 0 Å². The van der Waals surface area contributed by atoms with Crippen LogP contribution >= 0.6 is 0 Å². The highest BCUT2D eigenvalue weighted by molar-refractivity contribution is 5.97. The minimum atomic E-state index is -0.939. The maximum Gasteiger partial charge on any atom is 0.308 e. The molecule has 0 saturated heterocycles. The topological polar surface area (TPSA) is 86.6 Å². The standard InChI is InChI=1S/C15H18FNO4/c16-9-6-7-13(18)11(8-9)14(19)17-12-5-3-1-2-4-10(12)15(20)21/h6-8,10,12,18H,1-5H2,(H,17,19)(H,20,21). The zero-order chi connectivity index (χ0) is 15.4. The summed E-state index contributed by atoms with van der Waals surface area (Å²) in [7, 11) is 0. The number of phenols is 1. The predicted molar refractivity (Wildman–Crippen MR) is 73.5 cm³/mol. The van der Waals surface area contributed by atoms with Gasteiger partial charge in [0.05, 0.1) is 11.5 Å². The van der Waals surface area contributed by atoms with Crippen LogP contribution in [0.15, 0.2) is 18.2 Å². The van der Waals surface area contributed by atoms with Gasteiger partial charge in [-0.1, -0.05) is 19.3 Å². The fourth-order valence-corrected chi connectivity index (χ4v) is 2.71. The molecule has 114 valence electrons. The van der Waals surface area contributed by atoms with Gasteiger partial charge in [-0.2, -0.15) is 0 Å². The van der Waals surface area contributed by atoms with Crippen LogP contribution in [0.3, 0.4) is 0 Å². The Labute approximate surface area is 121 Å². The molecule has 0 spiro atoms. The van der Waals surface area contributed by atoms with Crippen molar-refractivity contribution in [3.63, 3.8) is 0 Å². The molecule has 0 radical (unpaired) electrons. The Bertz CT molecular complexity index is 546. The summed E-state index contributed by atoms with van der Waals surface area (Å²) in [6.07, 6.45) is 3.66. The lowest BCUT2D eigenvalue weighted by molar-refractivity contribution is -0.142. The third kappa shape index (κ3) is 3.71. The van der Waals surface area contributed by atoms with Gasteiger partial charge in [0.25, 0.3) is 5.91 Å². The van der Waals surface area contributed by atoms with Crippen molar-refractivity contribution in [3.05, 3.63) is 29.6 Å². The molecule has 1 fully saturated rings. The lowest BCUT2D eigenvalue weighted by atomic mass is 9.94. The van der Waals surface area contributed by atoms with E-state index in [-0.39, 0.29) is 11.3 Å². The number of benzene rings is 1. The molecule has 2 unspecified atom stereocenters. The van der Waals surface area contributed by atoms with E-state index in [0.29, 0.717) is 12.8 Å². The van der Waals surface area contributed by atoms with Crippen molar-refractivity contribution >= 4 is 11.9 Å². The number of hydrogen-bond donors (Lipinski definition) is 3. The molecular weight excluding hydrogens is 277 g/mol. The molecule has 1 saturated carbocycles. The number of aliphatic carboxylic acids is 1. The number of rotatable bonds is 3. The minimum Gasteiger partial charge on any atom is -0.507 e. The molecule has 6 heteroatoms. The summed E-state index contributed by atoms with van der Waals surface area (Å²) in [5, 5.41) is 21.5. The fraction of sp³-hybridized carbons (Fsp3) is 0.467. The molecule has 0 aromatic heterocycles. The van der Waals surface area contributed by atoms with Crippen molar-refractivity contribution in [2.24, 2.45) is 5.92 Å². The molecule has 1 amide bonds. The Morgan fingerprint density at radius 2 is 1.90 bits per heavy atom. The van der Waals surface area contributed by atoms with E-state index in [2.05, 4.69) is 5.32 Å². The maximum absolute atomic E-state index is 13.2. The van der Waals surface area contributed by atoms with Gasteiger partial charge in [-0.25, -0.2) is 4.39 Å². The molecule has 0 heterocycles. The first-order chi connectivity index (χ1) is 9.99. The molecule has 1 aromatic rings. The second-order valence-corrected chi connectivity index (χ2v) is 5.32. The molecule has 1 aromatic carbocycles. The summed E-state index contributed by atoms with van der Waals surface area (Å²) in [6.45, 7) is 0. The van der Waals surface area contributed by atoms with Gasteiger partial charge in [0.15, 0.2) is 0 Å². The third-order valence-corrected chi connectivity index (χ3v) is 3.85. The normalized spacial score (nSPS) is 22.3. The second-order valence-electron chi connectivity index (χ2n) is 5.32. The van der Waals surface area contributed by atoms with E-state index < -0.39 is 29.7 Å². The van der Waals surface area contributed by atoms with E-state index in [0.717, 1.165) is 37.5 Å². The van der Waals surface area contributed by atoms with Crippen LogP contribution in [0.4, 0.5) is 4.39 Å². The van der Waals surface area contributed by atoms with E-state index in [1.54, 1.807) is 0 Å². The molecule has 2 atom stereocenters. The molecule has 0 bridgehead atoms. The summed E-state index contributed by atoms with van der Waals surface area (Å²) >= 11 is 0. The van der Waals surface area contributed by atoms with E-state index in [1.807, 2.05) is 0 Å². The number of halogens is 1. The van der Waals surface area contributed by atoms with Crippen molar-refractivity contribution < 1.29 is 24.2 Å². The summed E-state index contributed by atoms with van der Waals surface area (Å²) in [6, 6.07) is 2.60. The van der Waals surface area contributed by atoms with Gasteiger partial charge < -0.3 is 15.5 Å². The molecule has 3 N–H and O–H groups in total. The van der Waals surface area contributed by atoms with Gasteiger partial charge in [-0.15, -0.1) is 0 Å². The molecular formula is C15H18FNO4. The third-order valence-electron chi connectivity index (χ3n) is 3.85. The predicted octanol–water partition coefficient (Wildman–Crippen LogP) is 2.29. The Morgan fingerprint density at radius 1 is 1.19 bits per heavy atom. The number of amides is 1. The van der Waals surface area contributed by atoms with E-state index >= 15 is 0 Å². The number of carboxylic acid groups (broad SMARTS) is 1. The Kier molecular flexibility index (Phi) is 4.77. The number of hydrogen-bond acceptors (Lipinski definition) is 3. The highest BCUT2D eigenvalue weighted by atomic mass is 19.1. The summed E-state index contributed by atoms with van der Waals surface area (Å²) in [5.41, 5.74) is -0.177. The molecule has 1 aliphatic rings. The van der Waals surface area contributed by atoms with Gasteiger partial charge in [0.2, 0.25) is 0 Å². The summed E-state index contributed by atoms with van der Waals surface area (Å²) < 4.78 is 13.2. The van der Waals surface area contributed by atoms with Crippen molar-refractivity contribution in [1.29, 1.82) is 0 Å². The van der Waals surface area contributed by atoms with Crippen LogP contribution in [-0.2, 0) is 4.79 Å². The number of aromatic hydroxyl groups is 1. The molecule has 0 aliphatic heterocycles. The highest BCUT2D eigenvalue weighted by Crippen LogP contribution is 2.25. The quantitative estimate of drug-likeness (QED) is 0.747. The average molecular weight is 295 g/mol. The zero-order valence-corrected chi connectivity index (χ0v) is 11.5. The summed E-state index contributed by atoms with van der Waals surface area (Å²) in [4.78, 5) is 23.4. The first-order valence-corrected chi connectivity index (χ1v) is 7.01. The Balaban J connectivity index is 2.16. The lowest BCUT2D eigenvalue weighted by Gasteiger charge is -2.23. The van der Waals surface area contributed by atoms with Crippen LogP contribution in [0, 0.1) is 11.7 Å². The van der Waals surface area contributed by atoms with Crippen molar-refractivity contribution in [3.8, 4) is 5.75 Å². The monoisotopic (exact) mass is 295 g/mol. The average Bonchev–Trinajstić information content (AvgIpc) is 2.67. The molecule has 2 rings (SSSR count). The number of phenolic OH excluding ortho intramolecular Hbond substituents is 1. The summed E-state index contributed by atoms with van der Waals surface area (Å²) in [5.74, 6) is -3.19. The van der Waals surface area contributed by atoms with Gasteiger partial charge in [0.1, 0.15) is 11.6 Å². The number of nitrogens with one attached hydrogen (secondary N) is 1. The molecule has 5 nitrogen and oxygen atoms in total. The van der Waals surface area contributed by atoms with Crippen molar-refractivity contribution in [2.75, 3.05) is 0 Å². The lowest BCUT2D eigenvalue weighted by Crippen LogP contribution is -2.42. The van der Waals surface area contributed by atoms with Crippen LogP contribution < -0.4 is 5.32 Å². The SMILES string of the molecule is O=C(NC1CCCCCC1C(=O)O)c1cc(F)ccc1O. The van der Waals surface area contributed by atoms with Crippen LogP contribution in [-0.4, -0.2) is 28.1 Å². The van der Waals surface area contributed by atoms with Gasteiger partial charge >= 0.3 is 5.97 Å². The van der Waals surface area contributed by atoms with Crippen molar-refractivity contribution in [1.82, 2.24) is 5.32 Å². The van der Waals surface area contributed by atoms with Crippen LogP contribution in [0.25, 0.3) is 0 Å². The largest absolute Gasteiger partial charge is 0.507 e.